The number of benzene rings is 1. The van der Waals surface area contributed by atoms with Crippen molar-refractivity contribution in [2.45, 2.75) is 0 Å². The molecule has 1 N–H and O–H groups in total. The van der Waals surface area contributed by atoms with E-state index in [4.69, 9.17) is 5.11 Å². The van der Waals surface area contributed by atoms with E-state index in [0.29, 0.717) is 11.3 Å². The van der Waals surface area contributed by atoms with Gasteiger partial charge in [-0.25, -0.2) is 0 Å². The Kier molecular flexibility index (Phi) is 4.82. The highest BCUT2D eigenvalue weighted by molar-refractivity contribution is 5.95. The lowest BCUT2D eigenvalue weighted by atomic mass is 10.1. The average Bonchev–Trinajstić information content (AvgIpc) is 2.37. The Morgan fingerprint density at radius 3 is 2.47 bits per heavy atom. The van der Waals surface area contributed by atoms with Crippen molar-refractivity contribution in [1.82, 2.24) is 4.90 Å². The second kappa shape index (κ2) is 6.14. The first kappa shape index (κ1) is 14.9. The van der Waals surface area contributed by atoms with Gasteiger partial charge in [0.2, 0.25) is 0 Å². The average molecular weight is 267 g/mol. The summed E-state index contributed by atoms with van der Waals surface area (Å²) in [5.41, 5.74) is 0.591. The highest BCUT2D eigenvalue weighted by atomic mass is 16.6. The molecule has 1 amide bonds. The van der Waals surface area contributed by atoms with Crippen molar-refractivity contribution in [3.63, 3.8) is 0 Å². The maximum absolute atomic E-state index is 11.8. The molecule has 0 atom stereocenters. The van der Waals surface area contributed by atoms with Gasteiger partial charge in [-0.3, -0.25) is 14.9 Å². The Morgan fingerprint density at radius 2 is 2.00 bits per heavy atom. The quantitative estimate of drug-likeness (QED) is 0.627. The number of hydrogen-bond acceptors (Lipinski definition) is 5. The molecule has 19 heavy (non-hydrogen) atoms. The van der Waals surface area contributed by atoms with Crippen molar-refractivity contribution in [3.05, 3.63) is 33.9 Å². The molecule has 1 rings (SSSR count). The van der Waals surface area contributed by atoms with Crippen LogP contribution in [0, 0.1) is 10.1 Å². The monoisotopic (exact) mass is 267 g/mol. The first-order valence-corrected chi connectivity index (χ1v) is 5.70. The molecule has 0 radical (unpaired) electrons. The summed E-state index contributed by atoms with van der Waals surface area (Å²) in [7, 11) is 4.85. The molecule has 0 heterocycles. The molecule has 0 fully saturated rings. The molecule has 7 nitrogen and oxygen atoms in total. The van der Waals surface area contributed by atoms with Crippen molar-refractivity contribution < 1.29 is 14.8 Å². The van der Waals surface area contributed by atoms with Crippen LogP contribution in [0.1, 0.15) is 10.4 Å². The van der Waals surface area contributed by atoms with E-state index in [-0.39, 0.29) is 24.7 Å². The minimum absolute atomic E-state index is 0.0914. The van der Waals surface area contributed by atoms with Gasteiger partial charge in [-0.2, -0.15) is 0 Å². The van der Waals surface area contributed by atoms with E-state index in [1.54, 1.807) is 26.0 Å². The van der Waals surface area contributed by atoms with Gasteiger partial charge in [-0.15, -0.1) is 0 Å². The SMILES string of the molecule is CN(C)C(=O)c1ccc([N+](=O)[O-])c(N(C)CCO)c1. The molecule has 0 saturated carbocycles. The number of carbonyl (C=O) groups excluding carboxylic acids is 1. The molecule has 0 aromatic heterocycles. The van der Waals surface area contributed by atoms with Crippen LogP contribution in [0.5, 0.6) is 0 Å². The van der Waals surface area contributed by atoms with Crippen molar-refractivity contribution in [3.8, 4) is 0 Å². The smallest absolute Gasteiger partial charge is 0.292 e. The molecule has 1 aromatic carbocycles. The van der Waals surface area contributed by atoms with E-state index >= 15 is 0 Å². The van der Waals surface area contributed by atoms with E-state index < -0.39 is 4.92 Å². The molecule has 0 aliphatic rings. The number of likely N-dealkylation sites (N-methyl/N-ethyl adjacent to an activating group) is 1. The minimum Gasteiger partial charge on any atom is -0.395 e. The summed E-state index contributed by atoms with van der Waals surface area (Å²) in [4.78, 5) is 25.3. The fourth-order valence-electron chi connectivity index (χ4n) is 1.65. The van der Waals surface area contributed by atoms with E-state index in [1.807, 2.05) is 0 Å². The number of rotatable bonds is 5. The number of aliphatic hydroxyl groups is 1. The normalized spacial score (nSPS) is 10.1. The van der Waals surface area contributed by atoms with Crippen molar-refractivity contribution in [2.75, 3.05) is 39.2 Å². The minimum atomic E-state index is -0.507. The van der Waals surface area contributed by atoms with Gasteiger partial charge in [0, 0.05) is 39.3 Å². The predicted octanol–water partition coefficient (Wildman–Crippen LogP) is 0.725. The van der Waals surface area contributed by atoms with Crippen molar-refractivity contribution >= 4 is 17.3 Å². The van der Waals surface area contributed by atoms with Gasteiger partial charge in [0.15, 0.2) is 0 Å². The summed E-state index contributed by atoms with van der Waals surface area (Å²) >= 11 is 0. The molecule has 0 saturated heterocycles. The third-order valence-corrected chi connectivity index (χ3v) is 2.67. The van der Waals surface area contributed by atoms with Crippen LogP contribution in [0.2, 0.25) is 0 Å². The molecule has 0 bridgehead atoms. The van der Waals surface area contributed by atoms with Crippen LogP contribution in [0.25, 0.3) is 0 Å². The van der Waals surface area contributed by atoms with Gasteiger partial charge >= 0.3 is 0 Å². The van der Waals surface area contributed by atoms with Crippen LogP contribution in [0.3, 0.4) is 0 Å². The van der Waals surface area contributed by atoms with Crippen LogP contribution in [-0.4, -0.2) is 55.1 Å². The van der Waals surface area contributed by atoms with Gasteiger partial charge in [-0.1, -0.05) is 0 Å². The number of amides is 1. The lowest BCUT2D eigenvalue weighted by Crippen LogP contribution is -2.24. The van der Waals surface area contributed by atoms with E-state index in [1.165, 1.54) is 23.1 Å². The molecule has 1 aromatic rings. The standard InChI is InChI=1S/C12H17N3O4/c1-13(2)12(17)9-4-5-10(15(18)19)11(8-9)14(3)6-7-16/h4-5,8,16H,6-7H2,1-3H3. The zero-order chi connectivity index (χ0) is 14.6. The number of nitro benzene ring substituents is 1. The number of aliphatic hydroxyl groups excluding tert-OH is 1. The highest BCUT2D eigenvalue weighted by Crippen LogP contribution is 2.28. The number of anilines is 1. The number of hydrogen-bond donors (Lipinski definition) is 1. The molecule has 0 aliphatic heterocycles. The Balaban J connectivity index is 3.25. The van der Waals surface area contributed by atoms with E-state index in [0.717, 1.165) is 0 Å². The molecule has 104 valence electrons. The third kappa shape index (κ3) is 3.41. The summed E-state index contributed by atoms with van der Waals surface area (Å²) in [5.74, 6) is -0.228. The largest absolute Gasteiger partial charge is 0.395 e. The van der Waals surface area contributed by atoms with Gasteiger partial charge in [0.05, 0.1) is 11.5 Å². The Labute approximate surface area is 111 Å². The van der Waals surface area contributed by atoms with Crippen LogP contribution in [0.15, 0.2) is 18.2 Å². The van der Waals surface area contributed by atoms with E-state index in [9.17, 15) is 14.9 Å². The van der Waals surface area contributed by atoms with Crippen molar-refractivity contribution in [2.24, 2.45) is 0 Å². The van der Waals surface area contributed by atoms with Gasteiger partial charge in [-0.05, 0) is 12.1 Å². The maximum Gasteiger partial charge on any atom is 0.292 e. The summed E-state index contributed by atoms with van der Waals surface area (Å²) in [6, 6.07) is 4.20. The molecule has 7 heteroatoms. The van der Waals surface area contributed by atoms with E-state index in [2.05, 4.69) is 0 Å². The maximum atomic E-state index is 11.8. The topological polar surface area (TPSA) is 86.9 Å². The van der Waals surface area contributed by atoms with Gasteiger partial charge in [0.25, 0.3) is 11.6 Å². The summed E-state index contributed by atoms with van der Waals surface area (Å²) in [5, 5.41) is 19.9. The fourth-order valence-corrected chi connectivity index (χ4v) is 1.65. The number of carbonyl (C=O) groups is 1. The number of nitrogens with zero attached hydrogens (tertiary/aromatic N) is 3. The highest BCUT2D eigenvalue weighted by Gasteiger charge is 2.20. The van der Waals surface area contributed by atoms with Crippen LogP contribution >= 0.6 is 0 Å². The zero-order valence-electron chi connectivity index (χ0n) is 11.2. The summed E-state index contributed by atoms with van der Waals surface area (Å²) in [6.45, 7) is 0.125. The zero-order valence-corrected chi connectivity index (χ0v) is 11.2. The fraction of sp³-hybridized carbons (Fsp3) is 0.417. The molecular formula is C12H17N3O4. The Bertz CT molecular complexity index is 488. The lowest BCUT2D eigenvalue weighted by molar-refractivity contribution is -0.384. The Morgan fingerprint density at radius 1 is 1.37 bits per heavy atom. The number of nitro groups is 1. The molecule has 0 unspecified atom stereocenters. The van der Waals surface area contributed by atoms with Crippen LogP contribution in [0.4, 0.5) is 11.4 Å². The first-order valence-electron chi connectivity index (χ1n) is 5.70. The molecule has 0 aliphatic carbocycles. The van der Waals surface area contributed by atoms with Crippen LogP contribution in [-0.2, 0) is 0 Å². The van der Waals surface area contributed by atoms with Crippen LogP contribution < -0.4 is 4.90 Å². The third-order valence-electron chi connectivity index (χ3n) is 2.67. The van der Waals surface area contributed by atoms with Gasteiger partial charge in [0.1, 0.15) is 5.69 Å². The summed E-state index contributed by atoms with van der Waals surface area (Å²) in [6.07, 6.45) is 0. The van der Waals surface area contributed by atoms with Crippen molar-refractivity contribution in [1.29, 1.82) is 0 Å². The second-order valence-electron chi connectivity index (χ2n) is 4.31. The lowest BCUT2D eigenvalue weighted by Gasteiger charge is -2.19. The first-order chi connectivity index (χ1) is 8.88. The van der Waals surface area contributed by atoms with Gasteiger partial charge < -0.3 is 14.9 Å². The Hall–Kier alpha value is -2.15. The summed E-state index contributed by atoms with van der Waals surface area (Å²) < 4.78 is 0. The predicted molar refractivity (Wildman–Crippen MR) is 71.5 cm³/mol. The molecule has 0 spiro atoms. The second-order valence-corrected chi connectivity index (χ2v) is 4.31. The molecular weight excluding hydrogens is 250 g/mol.